The monoisotopic (exact) mass is 326 g/mol. The normalized spacial score (nSPS) is 22.2. The van der Waals surface area contributed by atoms with Crippen molar-refractivity contribution in [2.45, 2.75) is 45.5 Å². The molecule has 0 radical (unpaired) electrons. The summed E-state index contributed by atoms with van der Waals surface area (Å²) in [6.07, 6.45) is 0.286. The molecule has 0 spiro atoms. The minimum absolute atomic E-state index is 0.155. The molecule has 0 aliphatic heterocycles. The molecule has 1 rings (SSSR count). The van der Waals surface area contributed by atoms with Gasteiger partial charge in [0.2, 0.25) is 21.9 Å². The summed E-state index contributed by atoms with van der Waals surface area (Å²) in [7, 11) is -3.70. The SMILES string of the molecule is CCNC(=O)CN(CC)S(=O)(=O)C[C@@H]1CCCC(F)(F)C1. The highest BCUT2D eigenvalue weighted by atomic mass is 32.2. The molecule has 0 bridgehead atoms. The molecular weight excluding hydrogens is 302 g/mol. The second-order valence-corrected chi connectivity index (χ2v) is 7.49. The summed E-state index contributed by atoms with van der Waals surface area (Å²) in [6.45, 7) is 3.70. The summed E-state index contributed by atoms with van der Waals surface area (Å²) >= 11 is 0. The van der Waals surface area contributed by atoms with Gasteiger partial charge in [0.05, 0.1) is 12.3 Å². The van der Waals surface area contributed by atoms with Crippen LogP contribution in [0.4, 0.5) is 8.78 Å². The Morgan fingerprint density at radius 3 is 2.57 bits per heavy atom. The van der Waals surface area contributed by atoms with Crippen molar-refractivity contribution in [2.24, 2.45) is 5.92 Å². The van der Waals surface area contributed by atoms with Gasteiger partial charge in [-0.3, -0.25) is 4.79 Å². The third-order valence-corrected chi connectivity index (χ3v) is 5.70. The average Bonchev–Trinajstić information content (AvgIpc) is 2.34. The van der Waals surface area contributed by atoms with Crippen LogP contribution in [0.3, 0.4) is 0 Å². The van der Waals surface area contributed by atoms with Gasteiger partial charge in [0.15, 0.2) is 0 Å². The van der Waals surface area contributed by atoms with Crippen LogP contribution in [0.15, 0.2) is 0 Å². The van der Waals surface area contributed by atoms with Crippen LogP contribution in [0.5, 0.6) is 0 Å². The summed E-state index contributed by atoms with van der Waals surface area (Å²) in [6, 6.07) is 0. The number of alkyl halides is 2. The lowest BCUT2D eigenvalue weighted by atomic mass is 9.88. The lowest BCUT2D eigenvalue weighted by molar-refractivity contribution is -0.121. The highest BCUT2D eigenvalue weighted by molar-refractivity contribution is 7.89. The highest BCUT2D eigenvalue weighted by Gasteiger charge is 2.38. The van der Waals surface area contributed by atoms with Crippen LogP contribution in [0.25, 0.3) is 0 Å². The molecule has 1 fully saturated rings. The zero-order chi connectivity index (χ0) is 16.1. The lowest BCUT2D eigenvalue weighted by Crippen LogP contribution is -2.43. The quantitative estimate of drug-likeness (QED) is 0.773. The van der Waals surface area contributed by atoms with Crippen LogP contribution in [0.2, 0.25) is 0 Å². The van der Waals surface area contributed by atoms with Crippen molar-refractivity contribution in [3.63, 3.8) is 0 Å². The first-order chi connectivity index (χ1) is 9.70. The summed E-state index contributed by atoms with van der Waals surface area (Å²) in [5, 5.41) is 2.53. The highest BCUT2D eigenvalue weighted by Crippen LogP contribution is 2.37. The number of nitrogens with zero attached hydrogens (tertiary/aromatic N) is 1. The Bertz CT molecular complexity index is 454. The second kappa shape index (κ2) is 7.49. The van der Waals surface area contributed by atoms with Gasteiger partial charge in [-0.1, -0.05) is 6.92 Å². The van der Waals surface area contributed by atoms with Crippen LogP contribution >= 0.6 is 0 Å². The van der Waals surface area contributed by atoms with Gasteiger partial charge < -0.3 is 5.32 Å². The van der Waals surface area contributed by atoms with Gasteiger partial charge in [-0.15, -0.1) is 0 Å². The first kappa shape index (κ1) is 18.3. The van der Waals surface area contributed by atoms with E-state index in [2.05, 4.69) is 5.32 Å². The number of likely N-dealkylation sites (N-methyl/N-ethyl adjacent to an activating group) is 2. The van der Waals surface area contributed by atoms with E-state index in [1.807, 2.05) is 0 Å². The molecule has 1 aliphatic carbocycles. The van der Waals surface area contributed by atoms with Gasteiger partial charge >= 0.3 is 0 Å². The number of carbonyl (C=O) groups excluding carboxylic acids is 1. The second-order valence-electron chi connectivity index (χ2n) is 5.48. The van der Waals surface area contributed by atoms with Crippen molar-refractivity contribution < 1.29 is 22.0 Å². The number of amides is 1. The number of sulfonamides is 1. The zero-order valence-electron chi connectivity index (χ0n) is 12.6. The van der Waals surface area contributed by atoms with Crippen LogP contribution in [-0.2, 0) is 14.8 Å². The van der Waals surface area contributed by atoms with E-state index in [0.717, 1.165) is 4.31 Å². The Balaban J connectivity index is 2.67. The van der Waals surface area contributed by atoms with Crippen molar-refractivity contribution >= 4 is 15.9 Å². The number of halogens is 2. The number of hydrogen-bond donors (Lipinski definition) is 1. The predicted octanol–water partition coefficient (Wildman–Crippen LogP) is 1.60. The van der Waals surface area contributed by atoms with E-state index in [0.29, 0.717) is 19.4 Å². The minimum atomic E-state index is -3.70. The molecular formula is C13H24F2N2O3S. The van der Waals surface area contributed by atoms with Gasteiger partial charge in [0.25, 0.3) is 0 Å². The first-order valence-electron chi connectivity index (χ1n) is 7.32. The topological polar surface area (TPSA) is 66.5 Å². The molecule has 21 heavy (non-hydrogen) atoms. The van der Waals surface area contributed by atoms with E-state index in [1.165, 1.54) is 0 Å². The Morgan fingerprint density at radius 1 is 1.38 bits per heavy atom. The van der Waals surface area contributed by atoms with Gasteiger partial charge in [-0.25, -0.2) is 17.2 Å². The fourth-order valence-corrected chi connectivity index (χ4v) is 4.44. The average molecular weight is 326 g/mol. The van der Waals surface area contributed by atoms with Gasteiger partial charge in [-0.2, -0.15) is 4.31 Å². The summed E-state index contributed by atoms with van der Waals surface area (Å²) in [4.78, 5) is 11.5. The van der Waals surface area contributed by atoms with Crippen molar-refractivity contribution in [3.05, 3.63) is 0 Å². The summed E-state index contributed by atoms with van der Waals surface area (Å²) < 4.78 is 52.3. The van der Waals surface area contributed by atoms with E-state index in [1.54, 1.807) is 13.8 Å². The van der Waals surface area contributed by atoms with Crippen molar-refractivity contribution in [2.75, 3.05) is 25.4 Å². The van der Waals surface area contributed by atoms with E-state index in [4.69, 9.17) is 0 Å². The third kappa shape index (κ3) is 5.86. The molecule has 1 aliphatic rings. The van der Waals surface area contributed by atoms with Crippen LogP contribution < -0.4 is 5.32 Å². The molecule has 1 N–H and O–H groups in total. The number of carbonyl (C=O) groups is 1. The molecule has 8 heteroatoms. The van der Waals surface area contributed by atoms with E-state index in [9.17, 15) is 22.0 Å². The largest absolute Gasteiger partial charge is 0.355 e. The number of rotatable bonds is 7. The molecule has 0 heterocycles. The van der Waals surface area contributed by atoms with E-state index < -0.39 is 21.9 Å². The fraction of sp³-hybridized carbons (Fsp3) is 0.923. The van der Waals surface area contributed by atoms with E-state index >= 15 is 0 Å². The van der Waals surface area contributed by atoms with Crippen molar-refractivity contribution in [3.8, 4) is 0 Å². The first-order valence-corrected chi connectivity index (χ1v) is 8.93. The van der Waals surface area contributed by atoms with Crippen molar-refractivity contribution in [1.82, 2.24) is 9.62 Å². The maximum absolute atomic E-state index is 13.4. The molecule has 0 aromatic rings. The van der Waals surface area contributed by atoms with Gasteiger partial charge in [0.1, 0.15) is 0 Å². The van der Waals surface area contributed by atoms with Crippen LogP contribution in [0, 0.1) is 5.92 Å². The molecule has 1 atom stereocenters. The summed E-state index contributed by atoms with van der Waals surface area (Å²) in [5.74, 6) is -4.00. The molecule has 0 aromatic heterocycles. The molecule has 0 aromatic carbocycles. The maximum atomic E-state index is 13.4. The van der Waals surface area contributed by atoms with Gasteiger partial charge in [0, 0.05) is 25.9 Å². The Morgan fingerprint density at radius 2 is 2.05 bits per heavy atom. The smallest absolute Gasteiger partial charge is 0.248 e. The Hall–Kier alpha value is -0.760. The molecule has 5 nitrogen and oxygen atoms in total. The number of nitrogens with one attached hydrogen (secondary N) is 1. The standard InChI is InChI=1S/C13H24F2N2O3S/c1-3-16-12(18)9-17(4-2)21(19,20)10-11-6-5-7-13(14,15)8-11/h11H,3-10H2,1-2H3,(H,16,18)/t11-/m1/s1. The van der Waals surface area contributed by atoms with E-state index in [-0.39, 0.29) is 37.6 Å². The third-order valence-electron chi connectivity index (χ3n) is 3.63. The molecule has 1 amide bonds. The maximum Gasteiger partial charge on any atom is 0.248 e. The van der Waals surface area contributed by atoms with Gasteiger partial charge in [-0.05, 0) is 25.7 Å². The fourth-order valence-electron chi connectivity index (χ4n) is 2.64. The summed E-state index contributed by atoms with van der Waals surface area (Å²) in [5.41, 5.74) is 0. The molecule has 124 valence electrons. The van der Waals surface area contributed by atoms with Crippen LogP contribution in [0.1, 0.15) is 39.5 Å². The minimum Gasteiger partial charge on any atom is -0.355 e. The van der Waals surface area contributed by atoms with Crippen molar-refractivity contribution in [1.29, 1.82) is 0 Å². The molecule has 1 saturated carbocycles. The molecule has 0 unspecified atom stereocenters. The van der Waals surface area contributed by atoms with Crippen LogP contribution in [-0.4, -0.2) is 49.9 Å². The lowest BCUT2D eigenvalue weighted by Gasteiger charge is -2.30. The Labute approximate surface area is 125 Å². The number of hydrogen-bond acceptors (Lipinski definition) is 3. The predicted molar refractivity (Wildman–Crippen MR) is 76.6 cm³/mol. The Kier molecular flexibility index (Phi) is 6.52. The zero-order valence-corrected chi connectivity index (χ0v) is 13.4. The molecule has 0 saturated heterocycles.